The van der Waals surface area contributed by atoms with Gasteiger partial charge in [-0.15, -0.1) is 0 Å². The number of benzene rings is 1. The molecule has 2 fully saturated rings. The van der Waals surface area contributed by atoms with E-state index in [1.54, 1.807) is 28.7 Å². The molecule has 0 bridgehead atoms. The van der Waals surface area contributed by atoms with Crippen molar-refractivity contribution in [3.63, 3.8) is 0 Å². The highest BCUT2D eigenvalue weighted by Gasteiger charge is 2.34. The zero-order valence-electron chi connectivity index (χ0n) is 21.3. The monoisotopic (exact) mass is 535 g/mol. The van der Waals surface area contributed by atoms with Crippen molar-refractivity contribution >= 4 is 57.4 Å². The van der Waals surface area contributed by atoms with Crippen LogP contribution in [-0.2, 0) is 4.79 Å². The molecule has 2 saturated heterocycles. The summed E-state index contributed by atoms with van der Waals surface area (Å²) in [5.41, 5.74) is 2.87. The Morgan fingerprint density at radius 3 is 2.32 bits per heavy atom. The number of carbonyl (C=O) groups is 1. The second-order valence-corrected chi connectivity index (χ2v) is 11.1. The molecule has 2 aromatic heterocycles. The van der Waals surface area contributed by atoms with Gasteiger partial charge in [0, 0.05) is 44.1 Å². The summed E-state index contributed by atoms with van der Waals surface area (Å²) in [6.45, 7) is 8.72. The van der Waals surface area contributed by atoms with Gasteiger partial charge in [-0.05, 0) is 62.7 Å². The van der Waals surface area contributed by atoms with Crippen LogP contribution >= 0.6 is 24.0 Å². The van der Waals surface area contributed by atoms with Crippen LogP contribution < -0.4 is 20.1 Å². The third-order valence-corrected chi connectivity index (χ3v) is 7.95. The van der Waals surface area contributed by atoms with Crippen LogP contribution in [-0.4, -0.2) is 63.8 Å². The van der Waals surface area contributed by atoms with E-state index in [-0.39, 0.29) is 17.5 Å². The highest BCUT2D eigenvalue weighted by Crippen LogP contribution is 2.35. The molecule has 1 aromatic carbocycles. The molecule has 1 amide bonds. The number of rotatable bonds is 5. The Hall–Kier alpha value is -3.37. The van der Waals surface area contributed by atoms with Gasteiger partial charge in [0.2, 0.25) is 0 Å². The predicted molar refractivity (Wildman–Crippen MR) is 154 cm³/mol. The van der Waals surface area contributed by atoms with Crippen molar-refractivity contribution in [3.8, 4) is 5.75 Å². The van der Waals surface area contributed by atoms with Crippen molar-refractivity contribution in [2.75, 3.05) is 43.1 Å². The average Bonchev–Trinajstić information content (AvgIpc) is 3.18. The Kier molecular flexibility index (Phi) is 6.96. The molecule has 0 saturated carbocycles. The maximum absolute atomic E-state index is 13.7. The third-order valence-electron chi connectivity index (χ3n) is 6.62. The minimum Gasteiger partial charge on any atom is -0.497 e. The average molecular weight is 536 g/mol. The molecule has 2 aliphatic rings. The number of aryl methyl sites for hydroxylation is 1. The van der Waals surface area contributed by atoms with Crippen LogP contribution in [0.1, 0.15) is 25.0 Å². The highest BCUT2D eigenvalue weighted by molar-refractivity contribution is 8.26. The molecule has 0 radical (unpaired) electrons. The lowest BCUT2D eigenvalue weighted by Gasteiger charge is -2.37. The second-order valence-electron chi connectivity index (χ2n) is 9.41. The molecule has 3 aromatic rings. The van der Waals surface area contributed by atoms with Gasteiger partial charge in [0.1, 0.15) is 21.5 Å². The normalized spacial score (nSPS) is 17.5. The SMILES string of the molecule is COc1ccc(N2CCN(c3nc4ccc(C)cn4c(=O)c3/C=C3/SC(=S)N(C(C)C)C3=O)CC2)cc1. The van der Waals surface area contributed by atoms with E-state index in [9.17, 15) is 9.59 Å². The summed E-state index contributed by atoms with van der Waals surface area (Å²) >= 11 is 6.69. The summed E-state index contributed by atoms with van der Waals surface area (Å²) in [6, 6.07) is 11.8. The van der Waals surface area contributed by atoms with E-state index in [0.717, 1.165) is 30.1 Å². The van der Waals surface area contributed by atoms with Crippen LogP contribution in [0.25, 0.3) is 11.7 Å². The standard InChI is InChI=1S/C27H29N5O3S2/c1-17(2)32-26(34)22(37-27(32)36)15-21-24(28-23-10-5-18(3)16-31(23)25(21)33)30-13-11-29(12-14-30)19-6-8-20(35-4)9-7-19/h5-10,15-17H,11-14H2,1-4H3/b22-15+. The fourth-order valence-electron chi connectivity index (χ4n) is 4.64. The van der Waals surface area contributed by atoms with E-state index < -0.39 is 0 Å². The van der Waals surface area contributed by atoms with Gasteiger partial charge in [-0.25, -0.2) is 4.98 Å². The number of nitrogens with zero attached hydrogens (tertiary/aromatic N) is 5. The van der Waals surface area contributed by atoms with Crippen molar-refractivity contribution < 1.29 is 9.53 Å². The van der Waals surface area contributed by atoms with Gasteiger partial charge in [0.15, 0.2) is 0 Å². The van der Waals surface area contributed by atoms with Crippen molar-refractivity contribution in [1.29, 1.82) is 0 Å². The molecule has 4 heterocycles. The van der Waals surface area contributed by atoms with Gasteiger partial charge >= 0.3 is 0 Å². The number of thiocarbonyl (C=S) groups is 1. The number of ether oxygens (including phenoxy) is 1. The van der Waals surface area contributed by atoms with Crippen LogP contribution in [0.5, 0.6) is 5.75 Å². The molecule has 0 unspecified atom stereocenters. The number of fused-ring (bicyclic) bond motifs is 1. The first-order valence-corrected chi connectivity index (χ1v) is 13.4. The number of pyridine rings is 1. The fourth-order valence-corrected chi connectivity index (χ4v) is 6.15. The lowest BCUT2D eigenvalue weighted by atomic mass is 10.2. The highest BCUT2D eigenvalue weighted by atomic mass is 32.2. The lowest BCUT2D eigenvalue weighted by Crippen LogP contribution is -2.47. The molecule has 5 rings (SSSR count). The van der Waals surface area contributed by atoms with Crippen molar-refractivity contribution in [1.82, 2.24) is 14.3 Å². The molecule has 192 valence electrons. The topological polar surface area (TPSA) is 70.4 Å². The van der Waals surface area contributed by atoms with Crippen LogP contribution in [0.4, 0.5) is 11.5 Å². The van der Waals surface area contributed by atoms with Crippen molar-refractivity contribution in [2.45, 2.75) is 26.8 Å². The van der Waals surface area contributed by atoms with Crippen LogP contribution in [0.15, 0.2) is 52.3 Å². The van der Waals surface area contributed by atoms with E-state index in [1.165, 1.54) is 11.8 Å². The number of amides is 1. The van der Waals surface area contributed by atoms with Gasteiger partial charge in [0.25, 0.3) is 11.5 Å². The van der Waals surface area contributed by atoms with E-state index in [0.29, 0.717) is 39.3 Å². The van der Waals surface area contributed by atoms with E-state index in [2.05, 4.69) is 21.9 Å². The van der Waals surface area contributed by atoms with Crippen molar-refractivity contribution in [2.24, 2.45) is 0 Å². The first-order valence-electron chi connectivity index (χ1n) is 12.2. The van der Waals surface area contributed by atoms with Crippen LogP contribution in [0.2, 0.25) is 0 Å². The quantitative estimate of drug-likeness (QED) is 0.359. The minimum atomic E-state index is -0.198. The van der Waals surface area contributed by atoms with Crippen LogP contribution in [0.3, 0.4) is 0 Å². The van der Waals surface area contributed by atoms with Gasteiger partial charge in [-0.2, -0.15) is 0 Å². The molecule has 0 N–H and O–H groups in total. The Morgan fingerprint density at radius 1 is 1.03 bits per heavy atom. The Labute approximate surface area is 225 Å². The van der Waals surface area contributed by atoms with Gasteiger partial charge < -0.3 is 14.5 Å². The van der Waals surface area contributed by atoms with E-state index in [1.807, 2.05) is 45.0 Å². The molecule has 0 atom stereocenters. The number of hydrogen-bond donors (Lipinski definition) is 0. The first-order chi connectivity index (χ1) is 17.8. The second kappa shape index (κ2) is 10.2. The maximum Gasteiger partial charge on any atom is 0.267 e. The molecule has 0 spiro atoms. The lowest BCUT2D eigenvalue weighted by molar-refractivity contribution is -0.123. The van der Waals surface area contributed by atoms with Gasteiger partial charge in [-0.3, -0.25) is 18.9 Å². The minimum absolute atomic E-state index is 0.0534. The summed E-state index contributed by atoms with van der Waals surface area (Å²) in [4.78, 5) is 38.2. The fraction of sp³-hybridized carbons (Fsp3) is 0.333. The summed E-state index contributed by atoms with van der Waals surface area (Å²) in [6.07, 6.45) is 3.46. The molecule has 8 nitrogen and oxygen atoms in total. The Morgan fingerprint density at radius 2 is 1.70 bits per heavy atom. The predicted octanol–water partition coefficient (Wildman–Crippen LogP) is 3.95. The zero-order chi connectivity index (χ0) is 26.3. The molecule has 2 aliphatic heterocycles. The number of carbonyl (C=O) groups excluding carboxylic acids is 1. The number of piperazine rings is 1. The Bertz CT molecular complexity index is 1460. The number of thioether (sulfide) groups is 1. The molecule has 0 aliphatic carbocycles. The number of aromatic nitrogens is 2. The summed E-state index contributed by atoms with van der Waals surface area (Å²) in [5, 5.41) is 0. The third kappa shape index (κ3) is 4.83. The summed E-state index contributed by atoms with van der Waals surface area (Å²) in [7, 11) is 1.66. The summed E-state index contributed by atoms with van der Waals surface area (Å²) in [5.74, 6) is 1.25. The Balaban J connectivity index is 1.51. The number of anilines is 2. The van der Waals surface area contributed by atoms with E-state index >= 15 is 0 Å². The smallest absolute Gasteiger partial charge is 0.267 e. The zero-order valence-corrected chi connectivity index (χ0v) is 22.9. The maximum atomic E-state index is 13.7. The molecular formula is C27H29N5O3S2. The molecule has 10 heteroatoms. The van der Waals surface area contributed by atoms with Gasteiger partial charge in [0.05, 0.1) is 17.6 Å². The first kappa shape index (κ1) is 25.3. The number of methoxy groups -OCH3 is 1. The molecular weight excluding hydrogens is 506 g/mol. The van der Waals surface area contributed by atoms with E-state index in [4.69, 9.17) is 21.9 Å². The number of hydrogen-bond acceptors (Lipinski definition) is 8. The summed E-state index contributed by atoms with van der Waals surface area (Å²) < 4.78 is 7.34. The van der Waals surface area contributed by atoms with Crippen LogP contribution in [0, 0.1) is 6.92 Å². The van der Waals surface area contributed by atoms with Gasteiger partial charge in [-0.1, -0.05) is 30.0 Å². The van der Waals surface area contributed by atoms with Crippen molar-refractivity contribution in [3.05, 3.63) is 69.0 Å². The molecule has 37 heavy (non-hydrogen) atoms. The largest absolute Gasteiger partial charge is 0.497 e.